The van der Waals surface area contributed by atoms with Crippen molar-refractivity contribution in [1.82, 2.24) is 14.5 Å². The Bertz CT molecular complexity index is 3490. The van der Waals surface area contributed by atoms with E-state index in [1.807, 2.05) is 6.07 Å². The third-order valence-corrected chi connectivity index (χ3v) is 14.0. The minimum Gasteiger partial charge on any atom is -0.455 e. The predicted octanol–water partition coefficient (Wildman–Crippen LogP) is 14.6. The van der Waals surface area contributed by atoms with Gasteiger partial charge in [0.1, 0.15) is 11.2 Å². The van der Waals surface area contributed by atoms with Crippen molar-refractivity contribution in [3.8, 4) is 39.3 Å². The van der Waals surface area contributed by atoms with Crippen LogP contribution in [0.15, 0.2) is 156 Å². The standard InChI is InChI=1S/C56H41N3O/c1-55(2)44-22-11-8-17-34(44)39-28-41-42-29-40-35-18-9-12-23-45(35)56(3,4)47(40)31-50(42)59(49(41)30-46(39)55)33-25-26-51-43(27-33)36-20-14-21-38(53(36)60-51)54-57-48-24-13-10-19-37(48)52(58-54)32-15-6-5-7-16-32/h6,8-31H,5,7H2,1-4H3. The Morgan fingerprint density at radius 1 is 0.517 bits per heavy atom. The van der Waals surface area contributed by atoms with Crippen LogP contribution in [0, 0.1) is 0 Å². The van der Waals surface area contributed by atoms with Gasteiger partial charge in [-0.2, -0.15) is 0 Å². The zero-order chi connectivity index (χ0) is 40.1. The van der Waals surface area contributed by atoms with Gasteiger partial charge in [-0.15, -0.1) is 0 Å². The Hall–Kier alpha value is -7.04. The van der Waals surface area contributed by atoms with Gasteiger partial charge in [0.2, 0.25) is 0 Å². The second-order valence-corrected chi connectivity index (χ2v) is 18.0. The molecule has 3 aromatic heterocycles. The van der Waals surface area contributed by atoms with E-state index in [1.165, 1.54) is 66.3 Å². The third-order valence-electron chi connectivity index (χ3n) is 14.0. The maximum absolute atomic E-state index is 6.81. The molecule has 3 aliphatic rings. The Kier molecular flexibility index (Phi) is 6.66. The van der Waals surface area contributed by atoms with Gasteiger partial charge in [-0.25, -0.2) is 9.97 Å². The molecule has 4 heteroatoms. The number of rotatable bonds is 3. The minimum absolute atomic E-state index is 0.125. The first kappa shape index (κ1) is 33.9. The predicted molar refractivity (Wildman–Crippen MR) is 248 cm³/mol. The van der Waals surface area contributed by atoms with Crippen LogP contribution in [-0.2, 0) is 10.8 Å². The molecule has 0 amide bonds. The highest BCUT2D eigenvalue weighted by molar-refractivity contribution is 6.15. The van der Waals surface area contributed by atoms with Gasteiger partial charge in [0, 0.05) is 43.4 Å². The van der Waals surface area contributed by atoms with E-state index >= 15 is 0 Å². The molecular weight excluding hydrogens is 731 g/mol. The van der Waals surface area contributed by atoms with Gasteiger partial charge >= 0.3 is 0 Å². The smallest absolute Gasteiger partial charge is 0.164 e. The van der Waals surface area contributed by atoms with E-state index < -0.39 is 0 Å². The lowest BCUT2D eigenvalue weighted by atomic mass is 9.82. The number of nitrogens with zero attached hydrogens (tertiary/aromatic N) is 3. The summed E-state index contributed by atoms with van der Waals surface area (Å²) in [5.74, 6) is 0.672. The molecule has 3 heterocycles. The molecule has 0 atom stereocenters. The Morgan fingerprint density at radius 2 is 1.15 bits per heavy atom. The van der Waals surface area contributed by atoms with Crippen molar-refractivity contribution in [3.63, 3.8) is 0 Å². The van der Waals surface area contributed by atoms with Crippen molar-refractivity contribution in [2.24, 2.45) is 0 Å². The highest BCUT2D eigenvalue weighted by atomic mass is 16.3. The summed E-state index contributed by atoms with van der Waals surface area (Å²) in [6.45, 7) is 9.49. The molecule has 0 radical (unpaired) electrons. The monoisotopic (exact) mass is 771 g/mol. The summed E-state index contributed by atoms with van der Waals surface area (Å²) in [5, 5.41) is 5.72. The number of hydrogen-bond acceptors (Lipinski definition) is 3. The SMILES string of the molecule is CC1(C)c2ccccc2-c2cc3c4cc5c(cc4n(-c4ccc6oc7c(-c8nc(C9=CCCC=C9)c9ccccc9n8)cccc7c6c4)c3cc21)C(C)(C)c1ccccc1-5. The molecule has 4 nitrogen and oxygen atoms in total. The second kappa shape index (κ2) is 11.8. The van der Waals surface area contributed by atoms with E-state index in [9.17, 15) is 0 Å². The fraction of sp³-hybridized carbons (Fsp3) is 0.143. The summed E-state index contributed by atoms with van der Waals surface area (Å²) in [6, 6.07) is 49.2. The van der Waals surface area contributed by atoms with Gasteiger partial charge in [-0.05, 0) is 118 Å². The summed E-state index contributed by atoms with van der Waals surface area (Å²) in [4.78, 5) is 10.4. The normalized spacial score (nSPS) is 15.8. The molecule has 10 aromatic rings. The molecule has 0 fully saturated rings. The summed E-state index contributed by atoms with van der Waals surface area (Å²) in [6.07, 6.45) is 8.79. The molecule has 0 aliphatic heterocycles. The van der Waals surface area contributed by atoms with Crippen LogP contribution in [0.5, 0.6) is 0 Å². The zero-order valence-electron chi connectivity index (χ0n) is 34.1. The van der Waals surface area contributed by atoms with E-state index in [4.69, 9.17) is 14.4 Å². The maximum Gasteiger partial charge on any atom is 0.164 e. The average molecular weight is 772 g/mol. The van der Waals surface area contributed by atoms with Crippen LogP contribution < -0.4 is 0 Å². The van der Waals surface area contributed by atoms with Crippen molar-refractivity contribution in [3.05, 3.63) is 180 Å². The van der Waals surface area contributed by atoms with E-state index in [2.05, 4.69) is 178 Å². The van der Waals surface area contributed by atoms with E-state index in [0.717, 1.165) is 68.2 Å². The summed E-state index contributed by atoms with van der Waals surface area (Å²) >= 11 is 0. The number of furan rings is 1. The molecule has 13 rings (SSSR count). The van der Waals surface area contributed by atoms with E-state index in [0.29, 0.717) is 5.82 Å². The molecule has 286 valence electrons. The van der Waals surface area contributed by atoms with Gasteiger partial charge in [-0.1, -0.05) is 125 Å². The number of aromatic nitrogens is 3. The van der Waals surface area contributed by atoms with Crippen LogP contribution in [0.1, 0.15) is 68.5 Å². The van der Waals surface area contributed by atoms with Crippen LogP contribution in [0.3, 0.4) is 0 Å². The highest BCUT2D eigenvalue weighted by Gasteiger charge is 2.38. The number of hydrogen-bond donors (Lipinski definition) is 0. The fourth-order valence-electron chi connectivity index (χ4n) is 11.0. The molecule has 0 bridgehead atoms. The van der Waals surface area contributed by atoms with E-state index in [-0.39, 0.29) is 10.8 Å². The Morgan fingerprint density at radius 3 is 1.83 bits per heavy atom. The molecule has 0 N–H and O–H groups in total. The van der Waals surface area contributed by atoms with Gasteiger partial charge in [-0.3, -0.25) is 0 Å². The van der Waals surface area contributed by atoms with Crippen molar-refractivity contribution in [2.75, 3.05) is 0 Å². The fourth-order valence-corrected chi connectivity index (χ4v) is 11.0. The lowest BCUT2D eigenvalue weighted by Crippen LogP contribution is -2.15. The number of benzene rings is 7. The lowest BCUT2D eigenvalue weighted by molar-refractivity contribution is 0.660. The summed E-state index contributed by atoms with van der Waals surface area (Å²) in [5.41, 5.74) is 19.7. The van der Waals surface area contributed by atoms with Crippen LogP contribution in [-0.4, -0.2) is 14.5 Å². The molecule has 3 aliphatic carbocycles. The van der Waals surface area contributed by atoms with Crippen LogP contribution >= 0.6 is 0 Å². The topological polar surface area (TPSA) is 43.9 Å². The molecule has 0 saturated heterocycles. The molecule has 0 spiro atoms. The molecule has 7 aromatic carbocycles. The first-order valence-electron chi connectivity index (χ1n) is 21.2. The summed E-state index contributed by atoms with van der Waals surface area (Å²) < 4.78 is 9.32. The molecule has 0 saturated carbocycles. The second-order valence-electron chi connectivity index (χ2n) is 18.0. The van der Waals surface area contributed by atoms with Crippen molar-refractivity contribution >= 4 is 60.2 Å². The lowest BCUT2D eigenvalue weighted by Gasteiger charge is -2.22. The first-order valence-corrected chi connectivity index (χ1v) is 21.2. The highest BCUT2D eigenvalue weighted by Crippen LogP contribution is 2.54. The van der Waals surface area contributed by atoms with Crippen molar-refractivity contribution < 1.29 is 4.42 Å². The average Bonchev–Trinajstić information content (AvgIpc) is 3.95. The van der Waals surface area contributed by atoms with Gasteiger partial charge in [0.05, 0.1) is 27.8 Å². The first-order chi connectivity index (χ1) is 29.3. The minimum atomic E-state index is -0.125. The Balaban J connectivity index is 1.06. The van der Waals surface area contributed by atoms with Crippen LogP contribution in [0.4, 0.5) is 0 Å². The number of allylic oxidation sites excluding steroid dienone is 4. The molecular formula is C56H41N3O. The van der Waals surface area contributed by atoms with Gasteiger partial charge < -0.3 is 8.98 Å². The Labute approximate surface area is 348 Å². The maximum atomic E-state index is 6.81. The zero-order valence-corrected chi connectivity index (χ0v) is 34.1. The number of para-hydroxylation sites is 2. The van der Waals surface area contributed by atoms with Crippen LogP contribution in [0.25, 0.3) is 99.5 Å². The van der Waals surface area contributed by atoms with Gasteiger partial charge in [0.25, 0.3) is 0 Å². The van der Waals surface area contributed by atoms with Gasteiger partial charge in [0.15, 0.2) is 5.82 Å². The molecule has 0 unspecified atom stereocenters. The molecule has 60 heavy (non-hydrogen) atoms. The van der Waals surface area contributed by atoms with Crippen LogP contribution in [0.2, 0.25) is 0 Å². The summed E-state index contributed by atoms with van der Waals surface area (Å²) in [7, 11) is 0. The van der Waals surface area contributed by atoms with Crippen molar-refractivity contribution in [2.45, 2.75) is 51.4 Å². The largest absolute Gasteiger partial charge is 0.455 e. The third kappa shape index (κ3) is 4.46. The van der Waals surface area contributed by atoms with E-state index in [1.54, 1.807) is 0 Å². The number of fused-ring (bicyclic) bond motifs is 13. The quantitative estimate of drug-likeness (QED) is 0.180. The van der Waals surface area contributed by atoms with Crippen molar-refractivity contribution in [1.29, 1.82) is 0 Å².